The molecule has 0 aliphatic rings. The van der Waals surface area contributed by atoms with E-state index >= 15 is 0 Å². The van der Waals surface area contributed by atoms with Crippen molar-refractivity contribution in [3.63, 3.8) is 0 Å². The quantitative estimate of drug-likeness (QED) is 0.680. The number of nitrogens with one attached hydrogen (secondary N) is 1. The normalized spacial score (nSPS) is 10.9. The van der Waals surface area contributed by atoms with Crippen LogP contribution in [0.1, 0.15) is 12.1 Å². The van der Waals surface area contributed by atoms with Gasteiger partial charge in [-0.1, -0.05) is 6.07 Å². The summed E-state index contributed by atoms with van der Waals surface area (Å²) in [7, 11) is 4.19. The molecule has 0 unspecified atom stereocenters. The van der Waals surface area contributed by atoms with Gasteiger partial charge in [-0.25, -0.2) is 0 Å². The Kier molecular flexibility index (Phi) is 5.97. The lowest BCUT2D eigenvalue weighted by Crippen LogP contribution is -2.27. The van der Waals surface area contributed by atoms with E-state index in [0.717, 1.165) is 32.5 Å². The van der Waals surface area contributed by atoms with Gasteiger partial charge in [0.25, 0.3) is 0 Å². The van der Waals surface area contributed by atoms with E-state index in [-0.39, 0.29) is 0 Å². The van der Waals surface area contributed by atoms with Crippen LogP contribution in [0.5, 0.6) is 0 Å². The van der Waals surface area contributed by atoms with E-state index in [1.165, 1.54) is 5.69 Å². The van der Waals surface area contributed by atoms with E-state index in [0.29, 0.717) is 0 Å². The molecule has 0 aromatic carbocycles. The fraction of sp³-hybridized carbons (Fsp3) is 0.583. The highest BCUT2D eigenvalue weighted by Crippen LogP contribution is 1.96. The second-order valence-corrected chi connectivity index (χ2v) is 3.98. The highest BCUT2D eigenvalue weighted by molar-refractivity contribution is 5.03. The number of rotatable bonds is 7. The summed E-state index contributed by atoms with van der Waals surface area (Å²) < 4.78 is 0. The third-order valence-corrected chi connectivity index (χ3v) is 2.25. The van der Waals surface area contributed by atoms with Crippen molar-refractivity contribution in [2.75, 3.05) is 33.7 Å². The fourth-order valence-electron chi connectivity index (χ4n) is 1.37. The second-order valence-electron chi connectivity index (χ2n) is 3.98. The van der Waals surface area contributed by atoms with Gasteiger partial charge in [0.05, 0.1) is 0 Å². The van der Waals surface area contributed by atoms with E-state index in [1.54, 1.807) is 0 Å². The van der Waals surface area contributed by atoms with Crippen molar-refractivity contribution in [1.82, 2.24) is 15.2 Å². The van der Waals surface area contributed by atoms with Crippen LogP contribution in [0.15, 0.2) is 24.4 Å². The second kappa shape index (κ2) is 7.37. The lowest BCUT2D eigenvalue weighted by molar-refractivity contribution is 0.399. The molecule has 1 rings (SSSR count). The highest BCUT2D eigenvalue weighted by Gasteiger charge is 1.93. The minimum atomic E-state index is 1.06. The summed E-state index contributed by atoms with van der Waals surface area (Å²) in [6.45, 7) is 3.24. The van der Waals surface area contributed by atoms with Crippen LogP contribution in [0.3, 0.4) is 0 Å². The Hall–Kier alpha value is -0.930. The first kappa shape index (κ1) is 12.1. The summed E-state index contributed by atoms with van der Waals surface area (Å²) in [5.74, 6) is 0. The Labute approximate surface area is 92.5 Å². The van der Waals surface area contributed by atoms with E-state index in [2.05, 4.69) is 35.4 Å². The number of aryl methyl sites for hydroxylation is 1. The third-order valence-electron chi connectivity index (χ3n) is 2.25. The highest BCUT2D eigenvalue weighted by atomic mass is 15.1. The summed E-state index contributed by atoms with van der Waals surface area (Å²) in [5.41, 5.74) is 1.19. The van der Waals surface area contributed by atoms with Gasteiger partial charge in [0.2, 0.25) is 0 Å². The van der Waals surface area contributed by atoms with Gasteiger partial charge < -0.3 is 10.2 Å². The van der Waals surface area contributed by atoms with Crippen molar-refractivity contribution >= 4 is 0 Å². The maximum absolute atomic E-state index is 4.29. The molecular formula is C12H21N3. The minimum Gasteiger partial charge on any atom is -0.315 e. The molecule has 1 N–H and O–H groups in total. The van der Waals surface area contributed by atoms with Gasteiger partial charge in [0.15, 0.2) is 0 Å². The van der Waals surface area contributed by atoms with Gasteiger partial charge in [0.1, 0.15) is 0 Å². The van der Waals surface area contributed by atoms with Crippen molar-refractivity contribution in [3.05, 3.63) is 30.1 Å². The van der Waals surface area contributed by atoms with Gasteiger partial charge in [-0.15, -0.1) is 0 Å². The monoisotopic (exact) mass is 207 g/mol. The predicted molar refractivity (Wildman–Crippen MR) is 64.0 cm³/mol. The summed E-state index contributed by atoms with van der Waals surface area (Å²) in [5, 5.41) is 3.42. The Morgan fingerprint density at radius 3 is 2.80 bits per heavy atom. The molecule has 1 aromatic heterocycles. The van der Waals surface area contributed by atoms with Gasteiger partial charge in [-0.05, 0) is 45.6 Å². The van der Waals surface area contributed by atoms with Crippen molar-refractivity contribution in [1.29, 1.82) is 0 Å². The molecule has 0 spiro atoms. The molecule has 3 heteroatoms. The van der Waals surface area contributed by atoms with Crippen molar-refractivity contribution in [2.24, 2.45) is 0 Å². The molecule has 0 saturated carbocycles. The molecule has 3 nitrogen and oxygen atoms in total. The lowest BCUT2D eigenvalue weighted by Gasteiger charge is -2.09. The number of hydrogen-bond donors (Lipinski definition) is 1. The van der Waals surface area contributed by atoms with Gasteiger partial charge in [0, 0.05) is 25.0 Å². The first-order chi connectivity index (χ1) is 7.29. The predicted octanol–water partition coefficient (Wildman–Crippen LogP) is 1.17. The molecule has 0 amide bonds. The number of likely N-dealkylation sites (N-methyl/N-ethyl adjacent to an activating group) is 1. The molecule has 1 heterocycles. The molecule has 0 saturated heterocycles. The van der Waals surface area contributed by atoms with Crippen LogP contribution in [0, 0.1) is 0 Å². The molecule has 0 atom stereocenters. The fourth-order valence-corrected chi connectivity index (χ4v) is 1.37. The molecular weight excluding hydrogens is 186 g/mol. The number of aromatic nitrogens is 1. The molecule has 0 fully saturated rings. The van der Waals surface area contributed by atoms with E-state index in [9.17, 15) is 0 Å². The molecule has 15 heavy (non-hydrogen) atoms. The number of nitrogens with zero attached hydrogens (tertiary/aromatic N) is 2. The first-order valence-electron chi connectivity index (χ1n) is 5.54. The Morgan fingerprint density at radius 1 is 1.27 bits per heavy atom. The van der Waals surface area contributed by atoms with Crippen molar-refractivity contribution in [2.45, 2.75) is 12.8 Å². The number of pyridine rings is 1. The van der Waals surface area contributed by atoms with Crippen LogP contribution >= 0.6 is 0 Å². The summed E-state index contributed by atoms with van der Waals surface area (Å²) >= 11 is 0. The van der Waals surface area contributed by atoms with Crippen LogP contribution in [-0.4, -0.2) is 43.6 Å². The smallest absolute Gasteiger partial charge is 0.0404 e. The lowest BCUT2D eigenvalue weighted by atomic mass is 10.2. The Balaban J connectivity index is 1.98. The maximum atomic E-state index is 4.29. The van der Waals surface area contributed by atoms with E-state index in [4.69, 9.17) is 0 Å². The minimum absolute atomic E-state index is 1.06. The summed E-state index contributed by atoms with van der Waals surface area (Å²) in [6, 6.07) is 6.08. The van der Waals surface area contributed by atoms with E-state index in [1.807, 2.05) is 18.3 Å². The standard InChI is InChI=1S/C12H21N3/c1-15(2)11-10-13-8-5-7-12-6-3-4-9-14-12/h3-4,6,9,13H,5,7-8,10-11H2,1-2H3. The summed E-state index contributed by atoms with van der Waals surface area (Å²) in [6.07, 6.45) is 4.08. The average Bonchev–Trinajstić information content (AvgIpc) is 2.24. The Morgan fingerprint density at radius 2 is 2.13 bits per heavy atom. The zero-order valence-electron chi connectivity index (χ0n) is 9.74. The van der Waals surface area contributed by atoms with Gasteiger partial charge in [-0.3, -0.25) is 4.98 Å². The molecule has 0 aliphatic carbocycles. The molecule has 0 radical (unpaired) electrons. The zero-order valence-corrected chi connectivity index (χ0v) is 9.74. The van der Waals surface area contributed by atoms with Crippen molar-refractivity contribution < 1.29 is 0 Å². The van der Waals surface area contributed by atoms with Crippen LogP contribution in [0.25, 0.3) is 0 Å². The third kappa shape index (κ3) is 6.20. The molecule has 1 aromatic rings. The largest absolute Gasteiger partial charge is 0.315 e. The zero-order chi connectivity index (χ0) is 10.9. The molecule has 0 aliphatic heterocycles. The average molecular weight is 207 g/mol. The topological polar surface area (TPSA) is 28.2 Å². The van der Waals surface area contributed by atoms with Crippen LogP contribution < -0.4 is 5.32 Å². The van der Waals surface area contributed by atoms with Gasteiger partial charge in [-0.2, -0.15) is 0 Å². The molecule has 84 valence electrons. The molecule has 0 bridgehead atoms. The number of hydrogen-bond acceptors (Lipinski definition) is 3. The maximum Gasteiger partial charge on any atom is 0.0404 e. The van der Waals surface area contributed by atoms with Crippen LogP contribution in [0.2, 0.25) is 0 Å². The van der Waals surface area contributed by atoms with Crippen molar-refractivity contribution in [3.8, 4) is 0 Å². The Bertz CT molecular complexity index is 246. The first-order valence-corrected chi connectivity index (χ1v) is 5.54. The summed E-state index contributed by atoms with van der Waals surface area (Å²) in [4.78, 5) is 6.48. The SMILES string of the molecule is CN(C)CCNCCCc1ccccn1. The van der Waals surface area contributed by atoms with Gasteiger partial charge >= 0.3 is 0 Å². The van der Waals surface area contributed by atoms with Crippen LogP contribution in [-0.2, 0) is 6.42 Å². The van der Waals surface area contributed by atoms with E-state index < -0.39 is 0 Å². The van der Waals surface area contributed by atoms with Crippen LogP contribution in [0.4, 0.5) is 0 Å².